The van der Waals surface area contributed by atoms with E-state index in [0.717, 1.165) is 5.56 Å². The topological polar surface area (TPSA) is 68.4 Å². The lowest BCUT2D eigenvalue weighted by Crippen LogP contribution is -2.42. The Balaban J connectivity index is 2.28. The number of halogens is 1. The number of aromatic nitrogens is 2. The molecule has 132 valence electrons. The zero-order valence-corrected chi connectivity index (χ0v) is 16.6. The minimum atomic E-state index is -1.99. The molecular formula is C17H25ClN2O3Si. The van der Waals surface area contributed by atoms with Crippen molar-refractivity contribution in [3.63, 3.8) is 0 Å². The Hall–Kier alpha value is -1.21. The summed E-state index contributed by atoms with van der Waals surface area (Å²) < 4.78 is 11.8. The average molecular weight is 369 g/mol. The molecule has 0 aliphatic carbocycles. The summed E-state index contributed by atoms with van der Waals surface area (Å²) in [4.78, 5) is 4.19. The number of rotatable bonds is 6. The lowest BCUT2D eigenvalue weighted by molar-refractivity contribution is 0.170. The molecule has 1 aromatic heterocycles. The molecule has 0 fully saturated rings. The molecule has 0 aliphatic heterocycles. The van der Waals surface area contributed by atoms with Crippen LogP contribution >= 0.6 is 11.6 Å². The standard InChI is InChI=1S/C17H25ClN2O3Si/c1-17(2,3)24(4,5)23-14(12-6-8-13(18)9-7-12)10-16-19-15(11-21)20-22-16/h6-9,14,21H,10-11H2,1-5H3. The van der Waals surface area contributed by atoms with Crippen LogP contribution in [0.25, 0.3) is 0 Å². The van der Waals surface area contributed by atoms with Gasteiger partial charge in [0.1, 0.15) is 6.61 Å². The number of aliphatic hydroxyl groups is 1. The van der Waals surface area contributed by atoms with Gasteiger partial charge in [-0.3, -0.25) is 0 Å². The number of hydrogen-bond donors (Lipinski definition) is 1. The monoisotopic (exact) mass is 368 g/mol. The predicted molar refractivity (Wildman–Crippen MR) is 96.4 cm³/mol. The van der Waals surface area contributed by atoms with Gasteiger partial charge >= 0.3 is 0 Å². The first-order valence-electron chi connectivity index (χ1n) is 7.98. The Kier molecular flexibility index (Phi) is 5.85. The fraction of sp³-hybridized carbons (Fsp3) is 0.529. The number of aliphatic hydroxyl groups excluding tert-OH is 1. The van der Waals surface area contributed by atoms with Crippen molar-refractivity contribution in [2.24, 2.45) is 0 Å². The summed E-state index contributed by atoms with van der Waals surface area (Å²) in [6.45, 7) is 10.8. The highest BCUT2D eigenvalue weighted by molar-refractivity contribution is 6.74. The molecule has 0 aliphatic rings. The van der Waals surface area contributed by atoms with E-state index < -0.39 is 8.32 Å². The summed E-state index contributed by atoms with van der Waals surface area (Å²) in [6.07, 6.45) is 0.261. The fourth-order valence-corrected chi connectivity index (χ4v) is 3.44. The third kappa shape index (κ3) is 4.66. The summed E-state index contributed by atoms with van der Waals surface area (Å²) in [6, 6.07) is 7.63. The Bertz CT molecular complexity index is 665. The normalized spacial score (nSPS) is 14.0. The summed E-state index contributed by atoms with van der Waals surface area (Å²) in [5.41, 5.74) is 1.02. The second-order valence-electron chi connectivity index (χ2n) is 7.38. The van der Waals surface area contributed by atoms with Gasteiger partial charge in [-0.05, 0) is 35.8 Å². The molecule has 1 heterocycles. The highest BCUT2D eigenvalue weighted by atomic mass is 35.5. The summed E-state index contributed by atoms with van der Waals surface area (Å²) in [7, 11) is -1.99. The lowest BCUT2D eigenvalue weighted by atomic mass is 10.1. The Morgan fingerprint density at radius 3 is 2.38 bits per heavy atom. The van der Waals surface area contributed by atoms with Gasteiger partial charge in [-0.25, -0.2) is 0 Å². The van der Waals surface area contributed by atoms with Gasteiger partial charge in [-0.2, -0.15) is 4.98 Å². The third-order valence-corrected chi connectivity index (χ3v) is 9.23. The van der Waals surface area contributed by atoms with E-state index in [1.165, 1.54) is 0 Å². The van der Waals surface area contributed by atoms with Crippen molar-refractivity contribution in [2.75, 3.05) is 0 Å². The molecule has 1 unspecified atom stereocenters. The van der Waals surface area contributed by atoms with Crippen LogP contribution in [0, 0.1) is 0 Å². The molecule has 0 amide bonds. The van der Waals surface area contributed by atoms with Gasteiger partial charge in [-0.1, -0.05) is 49.7 Å². The molecule has 5 nitrogen and oxygen atoms in total. The first kappa shape index (κ1) is 19.1. The van der Waals surface area contributed by atoms with Gasteiger partial charge in [0.25, 0.3) is 0 Å². The SMILES string of the molecule is CC(C)(C)[Si](C)(C)OC(Cc1nc(CO)no1)c1ccc(Cl)cc1. The summed E-state index contributed by atoms with van der Waals surface area (Å²) in [5.74, 6) is 0.741. The maximum atomic E-state index is 9.10. The van der Waals surface area contributed by atoms with Crippen LogP contribution in [0.2, 0.25) is 23.2 Å². The van der Waals surface area contributed by atoms with Gasteiger partial charge in [0.2, 0.25) is 5.89 Å². The highest BCUT2D eigenvalue weighted by Crippen LogP contribution is 2.40. The van der Waals surface area contributed by atoms with E-state index in [1.54, 1.807) is 0 Å². The molecule has 0 saturated heterocycles. The molecule has 1 aromatic carbocycles. The van der Waals surface area contributed by atoms with E-state index in [0.29, 0.717) is 17.3 Å². The Morgan fingerprint density at radius 2 is 1.88 bits per heavy atom. The molecule has 2 aromatic rings. The van der Waals surface area contributed by atoms with E-state index >= 15 is 0 Å². The first-order chi connectivity index (χ1) is 11.1. The van der Waals surface area contributed by atoms with Crippen LogP contribution in [0.5, 0.6) is 0 Å². The second kappa shape index (κ2) is 7.35. The molecule has 1 atom stereocenters. The quantitative estimate of drug-likeness (QED) is 0.759. The minimum Gasteiger partial charge on any atom is -0.409 e. The maximum Gasteiger partial charge on any atom is 0.229 e. The Labute approximate surface area is 149 Å². The Morgan fingerprint density at radius 1 is 1.25 bits per heavy atom. The van der Waals surface area contributed by atoms with Gasteiger partial charge in [-0.15, -0.1) is 0 Å². The van der Waals surface area contributed by atoms with E-state index in [2.05, 4.69) is 44.0 Å². The molecule has 2 rings (SSSR count). The zero-order chi connectivity index (χ0) is 18.0. The summed E-state index contributed by atoms with van der Waals surface area (Å²) in [5, 5.41) is 13.6. The molecule has 7 heteroatoms. The van der Waals surface area contributed by atoms with Crippen molar-refractivity contribution in [1.29, 1.82) is 0 Å². The van der Waals surface area contributed by atoms with Crippen molar-refractivity contribution in [3.05, 3.63) is 46.6 Å². The van der Waals surface area contributed by atoms with Crippen LogP contribution in [-0.2, 0) is 17.5 Å². The second-order valence-corrected chi connectivity index (χ2v) is 12.6. The van der Waals surface area contributed by atoms with Crippen molar-refractivity contribution in [1.82, 2.24) is 10.1 Å². The van der Waals surface area contributed by atoms with Crippen LogP contribution in [0.1, 0.15) is 44.2 Å². The predicted octanol–water partition coefficient (Wildman–Crippen LogP) is 4.52. The lowest BCUT2D eigenvalue weighted by Gasteiger charge is -2.39. The smallest absolute Gasteiger partial charge is 0.229 e. The van der Waals surface area contributed by atoms with Crippen LogP contribution in [0.4, 0.5) is 0 Å². The van der Waals surface area contributed by atoms with Gasteiger partial charge in [0.05, 0.1) is 12.5 Å². The van der Waals surface area contributed by atoms with Crippen molar-refractivity contribution >= 4 is 19.9 Å². The van der Waals surface area contributed by atoms with Crippen LogP contribution < -0.4 is 0 Å². The van der Waals surface area contributed by atoms with Gasteiger partial charge in [0, 0.05) is 5.02 Å². The van der Waals surface area contributed by atoms with Gasteiger partial charge in [0.15, 0.2) is 14.1 Å². The average Bonchev–Trinajstić information content (AvgIpc) is 2.93. The molecular weight excluding hydrogens is 344 g/mol. The van der Waals surface area contributed by atoms with Crippen molar-refractivity contribution < 1.29 is 14.1 Å². The molecule has 24 heavy (non-hydrogen) atoms. The molecule has 0 saturated carbocycles. The molecule has 0 bridgehead atoms. The molecule has 0 spiro atoms. The van der Waals surface area contributed by atoms with Crippen LogP contribution in [0.3, 0.4) is 0 Å². The molecule has 0 radical (unpaired) electrons. The van der Waals surface area contributed by atoms with Crippen molar-refractivity contribution in [3.8, 4) is 0 Å². The van der Waals surface area contributed by atoms with Gasteiger partial charge < -0.3 is 14.1 Å². The number of benzene rings is 1. The largest absolute Gasteiger partial charge is 0.409 e. The van der Waals surface area contributed by atoms with Crippen LogP contribution in [0.15, 0.2) is 28.8 Å². The van der Waals surface area contributed by atoms with E-state index in [-0.39, 0.29) is 23.6 Å². The van der Waals surface area contributed by atoms with Crippen molar-refractivity contribution in [2.45, 2.75) is 58.0 Å². The van der Waals surface area contributed by atoms with E-state index in [9.17, 15) is 0 Å². The third-order valence-electron chi connectivity index (χ3n) is 4.50. The zero-order valence-electron chi connectivity index (χ0n) is 14.8. The molecule has 1 N–H and O–H groups in total. The van der Waals surface area contributed by atoms with Crippen LogP contribution in [-0.4, -0.2) is 23.6 Å². The van der Waals surface area contributed by atoms with E-state index in [1.807, 2.05) is 24.3 Å². The summed E-state index contributed by atoms with van der Waals surface area (Å²) >= 11 is 6.00. The number of hydrogen-bond acceptors (Lipinski definition) is 5. The van der Waals surface area contributed by atoms with E-state index in [4.69, 9.17) is 25.7 Å². The maximum absolute atomic E-state index is 9.10. The first-order valence-corrected chi connectivity index (χ1v) is 11.3. The number of nitrogens with zero attached hydrogens (tertiary/aromatic N) is 2. The fourth-order valence-electron chi connectivity index (χ4n) is 2.03. The highest BCUT2D eigenvalue weighted by Gasteiger charge is 2.39. The minimum absolute atomic E-state index is 0.0861.